The third-order valence-corrected chi connectivity index (χ3v) is 2.08. The molecule has 0 saturated carbocycles. The van der Waals surface area contributed by atoms with E-state index in [2.05, 4.69) is 4.74 Å². The van der Waals surface area contributed by atoms with Crippen LogP contribution in [0.3, 0.4) is 0 Å². The van der Waals surface area contributed by atoms with E-state index in [0.29, 0.717) is 5.56 Å². The molecule has 2 nitrogen and oxygen atoms in total. The van der Waals surface area contributed by atoms with Gasteiger partial charge in [0.1, 0.15) is 18.2 Å². The van der Waals surface area contributed by atoms with Crippen LogP contribution in [0.5, 0.6) is 0 Å². The second-order valence-electron chi connectivity index (χ2n) is 3.76. The van der Waals surface area contributed by atoms with E-state index in [1.54, 1.807) is 6.07 Å². The van der Waals surface area contributed by atoms with Gasteiger partial charge >= 0.3 is 6.18 Å². The molecule has 0 unspecified atom stereocenters. The Hall–Kier alpha value is -1.43. The molecule has 100 valence electrons. The SMILES string of the molecule is O=C(CCOCC(F)(F)F)Cc1cccc(F)c1. The van der Waals surface area contributed by atoms with Crippen LogP contribution >= 0.6 is 0 Å². The van der Waals surface area contributed by atoms with Crippen LogP contribution in [0.1, 0.15) is 12.0 Å². The van der Waals surface area contributed by atoms with Crippen molar-refractivity contribution in [3.63, 3.8) is 0 Å². The van der Waals surface area contributed by atoms with Gasteiger partial charge in [-0.05, 0) is 17.7 Å². The lowest BCUT2D eigenvalue weighted by Gasteiger charge is -2.07. The summed E-state index contributed by atoms with van der Waals surface area (Å²) in [6, 6.07) is 5.52. The van der Waals surface area contributed by atoms with E-state index in [4.69, 9.17) is 0 Å². The van der Waals surface area contributed by atoms with Crippen molar-refractivity contribution in [1.82, 2.24) is 0 Å². The number of Topliss-reactive ketones (excluding diaryl/α,β-unsaturated/α-hetero) is 1. The molecule has 0 aromatic heterocycles. The molecule has 6 heteroatoms. The predicted octanol–water partition coefficient (Wildman–Crippen LogP) is 2.91. The van der Waals surface area contributed by atoms with Crippen LogP contribution in [0.2, 0.25) is 0 Å². The molecule has 0 bridgehead atoms. The summed E-state index contributed by atoms with van der Waals surface area (Å²) in [4.78, 5) is 11.4. The maximum absolute atomic E-state index is 12.8. The normalized spacial score (nSPS) is 11.6. The van der Waals surface area contributed by atoms with Gasteiger partial charge in [0.25, 0.3) is 0 Å². The number of hydrogen-bond donors (Lipinski definition) is 0. The van der Waals surface area contributed by atoms with E-state index in [1.165, 1.54) is 18.2 Å². The van der Waals surface area contributed by atoms with Gasteiger partial charge in [0.15, 0.2) is 0 Å². The van der Waals surface area contributed by atoms with Crippen LogP contribution in [0.15, 0.2) is 24.3 Å². The van der Waals surface area contributed by atoms with Crippen molar-refractivity contribution in [2.45, 2.75) is 19.0 Å². The third kappa shape index (κ3) is 6.34. The van der Waals surface area contributed by atoms with Gasteiger partial charge in [0.05, 0.1) is 6.61 Å². The number of carbonyl (C=O) groups is 1. The maximum Gasteiger partial charge on any atom is 0.411 e. The number of rotatable bonds is 6. The number of alkyl halides is 3. The summed E-state index contributed by atoms with van der Waals surface area (Å²) in [6.07, 6.45) is -4.51. The van der Waals surface area contributed by atoms with Crippen LogP contribution in [-0.2, 0) is 16.0 Å². The van der Waals surface area contributed by atoms with Crippen molar-refractivity contribution >= 4 is 5.78 Å². The monoisotopic (exact) mass is 264 g/mol. The Morgan fingerprint density at radius 3 is 2.61 bits per heavy atom. The minimum absolute atomic E-state index is 0.00681. The number of carbonyl (C=O) groups excluding carboxylic acids is 1. The molecule has 1 aromatic rings. The Morgan fingerprint density at radius 2 is 2.00 bits per heavy atom. The Balaban J connectivity index is 2.26. The van der Waals surface area contributed by atoms with Crippen molar-refractivity contribution in [3.8, 4) is 0 Å². The number of halogens is 4. The van der Waals surface area contributed by atoms with Crippen molar-refractivity contribution in [1.29, 1.82) is 0 Å². The molecule has 0 heterocycles. The van der Waals surface area contributed by atoms with E-state index in [1.807, 2.05) is 0 Å². The maximum atomic E-state index is 12.8. The van der Waals surface area contributed by atoms with Gasteiger partial charge in [-0.15, -0.1) is 0 Å². The number of hydrogen-bond acceptors (Lipinski definition) is 2. The molecule has 0 aliphatic rings. The number of ketones is 1. The Labute approximate surface area is 102 Å². The molecule has 0 aliphatic heterocycles. The molecule has 18 heavy (non-hydrogen) atoms. The van der Waals surface area contributed by atoms with Gasteiger partial charge in [-0.1, -0.05) is 12.1 Å². The van der Waals surface area contributed by atoms with Gasteiger partial charge in [-0.2, -0.15) is 13.2 Å². The largest absolute Gasteiger partial charge is 0.411 e. The van der Waals surface area contributed by atoms with Crippen LogP contribution < -0.4 is 0 Å². The summed E-state index contributed by atoms with van der Waals surface area (Å²) in [5, 5.41) is 0. The zero-order chi connectivity index (χ0) is 13.6. The number of benzene rings is 1. The summed E-state index contributed by atoms with van der Waals surface area (Å²) < 4.78 is 52.3. The van der Waals surface area contributed by atoms with Crippen molar-refractivity contribution in [2.24, 2.45) is 0 Å². The molecule has 0 fully saturated rings. The van der Waals surface area contributed by atoms with Crippen molar-refractivity contribution in [2.75, 3.05) is 13.2 Å². The van der Waals surface area contributed by atoms with Gasteiger partial charge in [-0.3, -0.25) is 4.79 Å². The molecule has 1 aromatic carbocycles. The van der Waals surface area contributed by atoms with E-state index < -0.39 is 18.6 Å². The number of ether oxygens (including phenoxy) is 1. The third-order valence-electron chi connectivity index (χ3n) is 2.08. The smallest absolute Gasteiger partial charge is 0.372 e. The fraction of sp³-hybridized carbons (Fsp3) is 0.417. The van der Waals surface area contributed by atoms with Gasteiger partial charge in [0.2, 0.25) is 0 Å². The molecule has 1 rings (SSSR count). The van der Waals surface area contributed by atoms with Crippen LogP contribution in [0.4, 0.5) is 17.6 Å². The fourth-order valence-corrected chi connectivity index (χ4v) is 1.34. The quantitative estimate of drug-likeness (QED) is 0.583. The summed E-state index contributed by atoms with van der Waals surface area (Å²) in [7, 11) is 0. The molecule has 0 amide bonds. The van der Waals surface area contributed by atoms with E-state index >= 15 is 0 Å². The van der Waals surface area contributed by atoms with E-state index in [9.17, 15) is 22.4 Å². The lowest BCUT2D eigenvalue weighted by Crippen LogP contribution is -2.18. The lowest BCUT2D eigenvalue weighted by molar-refractivity contribution is -0.174. The molecule has 0 spiro atoms. The first-order valence-electron chi connectivity index (χ1n) is 5.27. The predicted molar refractivity (Wildman–Crippen MR) is 56.6 cm³/mol. The Morgan fingerprint density at radius 1 is 1.28 bits per heavy atom. The average molecular weight is 264 g/mol. The zero-order valence-electron chi connectivity index (χ0n) is 9.47. The van der Waals surface area contributed by atoms with Crippen LogP contribution in [0, 0.1) is 5.82 Å². The van der Waals surface area contributed by atoms with E-state index in [-0.39, 0.29) is 25.2 Å². The van der Waals surface area contributed by atoms with Crippen molar-refractivity contribution < 1.29 is 27.1 Å². The van der Waals surface area contributed by atoms with Crippen molar-refractivity contribution in [3.05, 3.63) is 35.6 Å². The Kier molecular flexibility index (Phi) is 5.27. The molecule has 0 aliphatic carbocycles. The highest BCUT2D eigenvalue weighted by Gasteiger charge is 2.27. The molecule has 0 radical (unpaired) electrons. The fourth-order valence-electron chi connectivity index (χ4n) is 1.34. The minimum Gasteiger partial charge on any atom is -0.372 e. The Bertz CT molecular complexity index is 401. The molecular formula is C12H12F4O2. The second kappa shape index (κ2) is 6.49. The highest BCUT2D eigenvalue weighted by molar-refractivity contribution is 5.80. The first-order valence-corrected chi connectivity index (χ1v) is 5.27. The average Bonchev–Trinajstić information content (AvgIpc) is 2.23. The van der Waals surface area contributed by atoms with Gasteiger partial charge in [0, 0.05) is 12.8 Å². The molecular weight excluding hydrogens is 252 g/mol. The summed E-state index contributed by atoms with van der Waals surface area (Å²) in [6.45, 7) is -1.64. The highest BCUT2D eigenvalue weighted by Crippen LogP contribution is 2.14. The topological polar surface area (TPSA) is 26.3 Å². The first-order chi connectivity index (χ1) is 8.37. The van der Waals surface area contributed by atoms with E-state index in [0.717, 1.165) is 0 Å². The van der Waals surface area contributed by atoms with Gasteiger partial charge in [-0.25, -0.2) is 4.39 Å². The minimum atomic E-state index is -4.38. The summed E-state index contributed by atoms with van der Waals surface area (Å²) in [5.41, 5.74) is 0.496. The van der Waals surface area contributed by atoms with Crippen LogP contribution in [-0.4, -0.2) is 25.2 Å². The zero-order valence-corrected chi connectivity index (χ0v) is 9.47. The first kappa shape index (κ1) is 14.6. The van der Waals surface area contributed by atoms with Gasteiger partial charge < -0.3 is 4.74 Å². The standard InChI is InChI=1S/C12H12F4O2/c13-10-3-1-2-9(6-10)7-11(17)4-5-18-8-12(14,15)16/h1-3,6H,4-5,7-8H2. The second-order valence-corrected chi connectivity index (χ2v) is 3.76. The summed E-state index contributed by atoms with van der Waals surface area (Å²) in [5.74, 6) is -0.739. The molecule has 0 saturated heterocycles. The molecule has 0 atom stereocenters. The summed E-state index contributed by atoms with van der Waals surface area (Å²) >= 11 is 0. The van der Waals surface area contributed by atoms with Crippen LogP contribution in [0.25, 0.3) is 0 Å². The lowest BCUT2D eigenvalue weighted by atomic mass is 10.1. The highest BCUT2D eigenvalue weighted by atomic mass is 19.4. The molecule has 0 N–H and O–H groups in total.